The molecule has 1 atom stereocenters. The maximum Gasteiger partial charge on any atom is 0.261 e. The van der Waals surface area contributed by atoms with Crippen LogP contribution in [0.15, 0.2) is 59.1 Å². The molecule has 1 N–H and O–H groups in total. The molecule has 0 aromatic heterocycles. The van der Waals surface area contributed by atoms with E-state index in [2.05, 4.69) is 21.2 Å². The monoisotopic (exact) mass is 522 g/mol. The summed E-state index contributed by atoms with van der Waals surface area (Å²) in [5, 5.41) is 5.45. The minimum atomic E-state index is -0.742. The molecule has 3 rings (SSSR count). The van der Waals surface area contributed by atoms with Crippen molar-refractivity contribution in [2.75, 3.05) is 13.7 Å². The maximum atomic E-state index is 13.1. The van der Waals surface area contributed by atoms with Gasteiger partial charge in [-0.25, -0.2) is 0 Å². The van der Waals surface area contributed by atoms with E-state index in [1.165, 1.54) is 11.9 Å². The van der Waals surface area contributed by atoms with Gasteiger partial charge in [-0.05, 0) is 51.8 Å². The number of ether oxygens (including phenoxy) is 1. The van der Waals surface area contributed by atoms with Gasteiger partial charge in [0.25, 0.3) is 5.91 Å². The lowest BCUT2D eigenvalue weighted by Crippen LogP contribution is -2.48. The molecule has 0 aliphatic carbocycles. The number of halogens is 3. The Morgan fingerprint density at radius 2 is 1.74 bits per heavy atom. The Bertz CT molecular complexity index is 1100. The number of likely N-dealkylation sites (N-methyl/N-ethyl adjacent to an activating group) is 1. The normalized spacial score (nSPS) is 11.8. The predicted octanol–water partition coefficient (Wildman–Crippen LogP) is 5.45. The van der Waals surface area contributed by atoms with Crippen molar-refractivity contribution in [1.82, 2.24) is 10.2 Å². The molecular weight excluding hydrogens is 503 g/mol. The molecule has 0 unspecified atom stereocenters. The first-order valence-electron chi connectivity index (χ1n) is 9.57. The second-order valence-electron chi connectivity index (χ2n) is 6.90. The molecule has 31 heavy (non-hydrogen) atoms. The lowest BCUT2D eigenvalue weighted by molar-refractivity contribution is -0.142. The van der Waals surface area contributed by atoms with E-state index in [-0.39, 0.29) is 25.0 Å². The van der Waals surface area contributed by atoms with E-state index in [9.17, 15) is 9.59 Å². The fraction of sp³-hybridized carbons (Fsp3) is 0.217. The van der Waals surface area contributed by atoms with Crippen molar-refractivity contribution in [3.8, 4) is 5.75 Å². The van der Waals surface area contributed by atoms with Gasteiger partial charge in [0.1, 0.15) is 11.8 Å². The number of carbonyl (C=O) groups excluding carboxylic acids is 2. The van der Waals surface area contributed by atoms with Crippen molar-refractivity contribution in [3.63, 3.8) is 0 Å². The average Bonchev–Trinajstić information content (AvgIpc) is 2.77. The standard InChI is InChI=1S/C23H21BrCl2N2O3/c1-14(23(30)27-2)28(12-17-18(25)8-5-9-19(17)26)21(29)13-31-20-11-10-15-6-3-4-7-16(15)22(20)24/h3-11,14H,12-13H2,1-2H3,(H,27,30)/t14-/m1/s1. The second kappa shape index (κ2) is 10.4. The summed E-state index contributed by atoms with van der Waals surface area (Å²) in [6, 6.07) is 15.9. The number of nitrogens with zero attached hydrogens (tertiary/aromatic N) is 1. The third-order valence-electron chi connectivity index (χ3n) is 4.98. The molecule has 5 nitrogen and oxygen atoms in total. The van der Waals surface area contributed by atoms with Crippen LogP contribution in [0.25, 0.3) is 10.8 Å². The van der Waals surface area contributed by atoms with Gasteiger partial charge in [0.2, 0.25) is 5.91 Å². The second-order valence-corrected chi connectivity index (χ2v) is 8.51. The van der Waals surface area contributed by atoms with Crippen LogP contribution >= 0.6 is 39.1 Å². The van der Waals surface area contributed by atoms with Crippen LogP contribution in [-0.4, -0.2) is 36.4 Å². The third kappa shape index (κ3) is 5.32. The number of hydrogen-bond acceptors (Lipinski definition) is 3. The van der Waals surface area contributed by atoms with Gasteiger partial charge >= 0.3 is 0 Å². The van der Waals surface area contributed by atoms with Gasteiger partial charge < -0.3 is 15.0 Å². The first kappa shape index (κ1) is 23.4. The number of amides is 2. The number of hydrogen-bond donors (Lipinski definition) is 1. The van der Waals surface area contributed by atoms with Gasteiger partial charge in [-0.2, -0.15) is 0 Å². The van der Waals surface area contributed by atoms with E-state index in [1.807, 2.05) is 30.3 Å². The van der Waals surface area contributed by atoms with E-state index in [1.54, 1.807) is 31.2 Å². The van der Waals surface area contributed by atoms with Crippen LogP contribution in [0.2, 0.25) is 10.0 Å². The summed E-state index contributed by atoms with van der Waals surface area (Å²) in [4.78, 5) is 26.8. The molecule has 8 heteroatoms. The molecular formula is C23H21BrCl2N2O3. The number of fused-ring (bicyclic) bond motifs is 1. The van der Waals surface area contributed by atoms with Gasteiger partial charge in [-0.1, -0.05) is 59.6 Å². The summed E-state index contributed by atoms with van der Waals surface area (Å²) < 4.78 is 6.58. The highest BCUT2D eigenvalue weighted by atomic mass is 79.9. The Morgan fingerprint density at radius 1 is 1.06 bits per heavy atom. The van der Waals surface area contributed by atoms with Crippen molar-refractivity contribution in [2.45, 2.75) is 19.5 Å². The summed E-state index contributed by atoms with van der Waals surface area (Å²) in [5.41, 5.74) is 0.571. The number of rotatable bonds is 7. The van der Waals surface area contributed by atoms with Crippen molar-refractivity contribution in [3.05, 3.63) is 74.7 Å². The van der Waals surface area contributed by atoms with Crippen molar-refractivity contribution in [2.24, 2.45) is 0 Å². The number of benzene rings is 3. The maximum absolute atomic E-state index is 13.1. The van der Waals surface area contributed by atoms with Gasteiger partial charge in [0.05, 0.1) is 4.47 Å². The van der Waals surface area contributed by atoms with Gasteiger partial charge in [0, 0.05) is 29.2 Å². The average molecular weight is 524 g/mol. The first-order valence-corrected chi connectivity index (χ1v) is 11.1. The zero-order valence-electron chi connectivity index (χ0n) is 17.0. The summed E-state index contributed by atoms with van der Waals surface area (Å²) in [5.74, 6) is -0.133. The molecule has 0 heterocycles. The fourth-order valence-electron chi connectivity index (χ4n) is 3.19. The Kier molecular flexibility index (Phi) is 7.81. The lowest BCUT2D eigenvalue weighted by atomic mass is 10.1. The van der Waals surface area contributed by atoms with Crippen LogP contribution in [-0.2, 0) is 16.1 Å². The molecule has 0 saturated carbocycles. The number of carbonyl (C=O) groups is 2. The summed E-state index contributed by atoms with van der Waals surface area (Å²) in [6.45, 7) is 1.47. The molecule has 0 saturated heterocycles. The van der Waals surface area contributed by atoms with Crippen molar-refractivity contribution in [1.29, 1.82) is 0 Å². The van der Waals surface area contributed by atoms with Crippen LogP contribution in [0.1, 0.15) is 12.5 Å². The van der Waals surface area contributed by atoms with E-state index in [0.29, 0.717) is 21.4 Å². The molecule has 162 valence electrons. The zero-order valence-corrected chi connectivity index (χ0v) is 20.1. The molecule has 0 bridgehead atoms. The molecule has 0 aliphatic heterocycles. The van der Waals surface area contributed by atoms with Crippen LogP contribution in [0.5, 0.6) is 5.75 Å². The van der Waals surface area contributed by atoms with Crippen LogP contribution in [0, 0.1) is 0 Å². The highest BCUT2D eigenvalue weighted by Crippen LogP contribution is 2.33. The Hall–Kier alpha value is -2.28. The van der Waals surface area contributed by atoms with Crippen molar-refractivity contribution < 1.29 is 14.3 Å². The SMILES string of the molecule is CNC(=O)[C@@H](C)N(Cc1c(Cl)cccc1Cl)C(=O)COc1ccc2ccccc2c1Br. The van der Waals surface area contributed by atoms with Crippen molar-refractivity contribution >= 4 is 61.7 Å². The minimum Gasteiger partial charge on any atom is -0.483 e. The Labute approximate surface area is 199 Å². The largest absolute Gasteiger partial charge is 0.483 e. The van der Waals surface area contributed by atoms with Gasteiger partial charge in [0.15, 0.2) is 6.61 Å². The predicted molar refractivity (Wildman–Crippen MR) is 128 cm³/mol. The fourth-order valence-corrected chi connectivity index (χ4v) is 4.32. The first-order chi connectivity index (χ1) is 14.8. The van der Waals surface area contributed by atoms with Gasteiger partial charge in [-0.3, -0.25) is 9.59 Å². The quantitative estimate of drug-likeness (QED) is 0.448. The van der Waals surface area contributed by atoms with E-state index < -0.39 is 6.04 Å². The summed E-state index contributed by atoms with van der Waals surface area (Å²) in [6.07, 6.45) is 0. The highest BCUT2D eigenvalue weighted by Gasteiger charge is 2.27. The number of nitrogens with one attached hydrogen (secondary N) is 1. The summed E-state index contributed by atoms with van der Waals surface area (Å²) in [7, 11) is 1.52. The highest BCUT2D eigenvalue weighted by molar-refractivity contribution is 9.10. The minimum absolute atomic E-state index is 0.0776. The van der Waals surface area contributed by atoms with Crippen LogP contribution in [0.4, 0.5) is 0 Å². The van der Waals surface area contributed by atoms with Gasteiger partial charge in [-0.15, -0.1) is 0 Å². The molecule has 0 fully saturated rings. The van der Waals surface area contributed by atoms with E-state index in [4.69, 9.17) is 27.9 Å². The van der Waals surface area contributed by atoms with E-state index in [0.717, 1.165) is 15.2 Å². The van der Waals surface area contributed by atoms with Crippen LogP contribution < -0.4 is 10.1 Å². The Balaban J connectivity index is 1.83. The smallest absolute Gasteiger partial charge is 0.261 e. The molecule has 3 aromatic rings. The topological polar surface area (TPSA) is 58.6 Å². The molecule has 0 aliphatic rings. The molecule has 2 amide bonds. The molecule has 0 spiro atoms. The Morgan fingerprint density at radius 3 is 2.42 bits per heavy atom. The molecule has 0 radical (unpaired) electrons. The van der Waals surface area contributed by atoms with E-state index >= 15 is 0 Å². The van der Waals surface area contributed by atoms with Crippen LogP contribution in [0.3, 0.4) is 0 Å². The lowest BCUT2D eigenvalue weighted by Gasteiger charge is -2.29. The molecule has 3 aromatic carbocycles. The zero-order chi connectivity index (χ0) is 22.5. The third-order valence-corrected chi connectivity index (χ3v) is 6.51. The summed E-state index contributed by atoms with van der Waals surface area (Å²) >= 11 is 16.1.